The van der Waals surface area contributed by atoms with Crippen molar-refractivity contribution < 1.29 is 9.59 Å². The minimum atomic E-state index is 0.0101. The molecule has 3 atom stereocenters. The van der Waals surface area contributed by atoms with Gasteiger partial charge in [0.2, 0.25) is 11.8 Å². The molecule has 2 saturated heterocycles. The van der Waals surface area contributed by atoms with E-state index in [0.29, 0.717) is 12.5 Å². The number of hydrogen-bond acceptors (Lipinski definition) is 3. The number of fused-ring (bicyclic) bond motifs is 1. The van der Waals surface area contributed by atoms with Gasteiger partial charge in [-0.1, -0.05) is 12.8 Å². The molecule has 1 saturated carbocycles. The van der Waals surface area contributed by atoms with E-state index in [1.165, 1.54) is 6.42 Å². The summed E-state index contributed by atoms with van der Waals surface area (Å²) in [6.07, 6.45) is 7.17. The Labute approximate surface area is 114 Å². The minimum Gasteiger partial charge on any atom is -0.350 e. The second-order valence-corrected chi connectivity index (χ2v) is 6.04. The molecule has 1 aliphatic carbocycles. The average Bonchev–Trinajstić information content (AvgIpc) is 2.90. The Bertz CT molecular complexity index is 366. The molecule has 3 fully saturated rings. The molecule has 0 aromatic heterocycles. The van der Waals surface area contributed by atoms with Gasteiger partial charge in [0.1, 0.15) is 0 Å². The quantitative estimate of drug-likeness (QED) is 0.759. The van der Waals surface area contributed by atoms with Gasteiger partial charge < -0.3 is 15.5 Å². The maximum atomic E-state index is 12.5. The molecule has 2 N–H and O–H groups in total. The Morgan fingerprint density at radius 2 is 2.05 bits per heavy atom. The summed E-state index contributed by atoms with van der Waals surface area (Å²) in [5.74, 6) is 0.169. The smallest absolute Gasteiger partial charge is 0.239 e. The predicted molar refractivity (Wildman–Crippen MR) is 71.5 cm³/mol. The summed E-state index contributed by atoms with van der Waals surface area (Å²) in [5.41, 5.74) is 0. The van der Waals surface area contributed by atoms with E-state index < -0.39 is 0 Å². The molecule has 0 bridgehead atoms. The van der Waals surface area contributed by atoms with Crippen molar-refractivity contribution in [1.82, 2.24) is 15.5 Å². The second-order valence-electron chi connectivity index (χ2n) is 6.04. The largest absolute Gasteiger partial charge is 0.350 e. The highest BCUT2D eigenvalue weighted by Crippen LogP contribution is 2.26. The fourth-order valence-corrected chi connectivity index (χ4v) is 3.71. The molecule has 3 rings (SSSR count). The van der Waals surface area contributed by atoms with Gasteiger partial charge in [0.25, 0.3) is 0 Å². The number of nitrogens with one attached hydrogen (secondary N) is 2. The summed E-state index contributed by atoms with van der Waals surface area (Å²) in [4.78, 5) is 26.1. The van der Waals surface area contributed by atoms with Gasteiger partial charge in [0.05, 0.1) is 12.6 Å². The molecule has 3 aliphatic rings. The Morgan fingerprint density at radius 3 is 2.84 bits per heavy atom. The molecular weight excluding hydrogens is 242 g/mol. The summed E-state index contributed by atoms with van der Waals surface area (Å²) in [6.45, 7) is 1.28. The van der Waals surface area contributed by atoms with Gasteiger partial charge in [-0.05, 0) is 32.2 Å². The lowest BCUT2D eigenvalue weighted by molar-refractivity contribution is -0.144. The molecule has 0 aromatic carbocycles. The average molecular weight is 265 g/mol. The van der Waals surface area contributed by atoms with Crippen molar-refractivity contribution in [3.63, 3.8) is 0 Å². The SMILES string of the molecule is O=C1CN(C(=O)CC2CCCN2)C2CCCCC2N1. The monoisotopic (exact) mass is 265 g/mol. The first-order valence-electron chi connectivity index (χ1n) is 7.56. The van der Waals surface area contributed by atoms with Gasteiger partial charge >= 0.3 is 0 Å². The fourth-order valence-electron chi connectivity index (χ4n) is 3.71. The number of amides is 2. The molecule has 2 heterocycles. The fraction of sp³-hybridized carbons (Fsp3) is 0.857. The number of rotatable bonds is 2. The molecule has 2 aliphatic heterocycles. The third-order valence-electron chi connectivity index (χ3n) is 4.69. The Kier molecular flexibility index (Phi) is 3.73. The van der Waals surface area contributed by atoms with E-state index in [1.54, 1.807) is 0 Å². The highest BCUT2D eigenvalue weighted by atomic mass is 16.2. The van der Waals surface area contributed by atoms with Crippen LogP contribution in [-0.2, 0) is 9.59 Å². The first kappa shape index (κ1) is 12.9. The van der Waals surface area contributed by atoms with Crippen LogP contribution in [0.3, 0.4) is 0 Å². The molecular formula is C14H23N3O2. The van der Waals surface area contributed by atoms with Gasteiger partial charge in [0.15, 0.2) is 0 Å². The van der Waals surface area contributed by atoms with Crippen LogP contribution >= 0.6 is 0 Å². The zero-order valence-electron chi connectivity index (χ0n) is 11.4. The van der Waals surface area contributed by atoms with E-state index in [-0.39, 0.29) is 30.4 Å². The lowest BCUT2D eigenvalue weighted by Crippen LogP contribution is -2.63. The van der Waals surface area contributed by atoms with Crippen LogP contribution in [0, 0.1) is 0 Å². The third kappa shape index (κ3) is 2.76. The van der Waals surface area contributed by atoms with Gasteiger partial charge in [-0.2, -0.15) is 0 Å². The van der Waals surface area contributed by atoms with Crippen molar-refractivity contribution in [3.8, 4) is 0 Å². The van der Waals surface area contributed by atoms with E-state index in [9.17, 15) is 9.59 Å². The first-order chi connectivity index (χ1) is 9.24. The first-order valence-corrected chi connectivity index (χ1v) is 7.56. The molecule has 0 aromatic rings. The molecule has 0 spiro atoms. The third-order valence-corrected chi connectivity index (χ3v) is 4.69. The molecule has 5 heteroatoms. The lowest BCUT2D eigenvalue weighted by atomic mass is 9.87. The summed E-state index contributed by atoms with van der Waals surface area (Å²) in [6, 6.07) is 0.746. The lowest BCUT2D eigenvalue weighted by Gasteiger charge is -2.44. The van der Waals surface area contributed by atoms with E-state index in [0.717, 1.165) is 38.6 Å². The van der Waals surface area contributed by atoms with Crippen molar-refractivity contribution in [2.45, 2.75) is 63.1 Å². The summed E-state index contributed by atoms with van der Waals surface area (Å²) in [7, 11) is 0. The molecule has 2 amide bonds. The van der Waals surface area contributed by atoms with Crippen LogP contribution < -0.4 is 10.6 Å². The highest BCUT2D eigenvalue weighted by Gasteiger charge is 2.39. The Balaban J connectivity index is 1.66. The van der Waals surface area contributed by atoms with Crippen LogP contribution in [0.5, 0.6) is 0 Å². The number of carbonyl (C=O) groups is 2. The summed E-state index contributed by atoms with van der Waals surface area (Å²) < 4.78 is 0. The van der Waals surface area contributed by atoms with Crippen molar-refractivity contribution >= 4 is 11.8 Å². The molecule has 3 unspecified atom stereocenters. The van der Waals surface area contributed by atoms with Gasteiger partial charge in [-0.3, -0.25) is 9.59 Å². The normalized spacial score (nSPS) is 34.8. The summed E-state index contributed by atoms with van der Waals surface area (Å²) >= 11 is 0. The van der Waals surface area contributed by atoms with Crippen molar-refractivity contribution in [2.24, 2.45) is 0 Å². The van der Waals surface area contributed by atoms with Crippen molar-refractivity contribution in [1.29, 1.82) is 0 Å². The van der Waals surface area contributed by atoms with Crippen LogP contribution in [0.1, 0.15) is 44.9 Å². The molecule has 0 radical (unpaired) electrons. The number of nitrogens with zero attached hydrogens (tertiary/aromatic N) is 1. The van der Waals surface area contributed by atoms with Gasteiger partial charge in [-0.25, -0.2) is 0 Å². The standard InChI is InChI=1S/C14H23N3O2/c18-13-9-17(12-6-2-1-5-11(12)16-13)14(19)8-10-4-3-7-15-10/h10-12,15H,1-9H2,(H,16,18). The van der Waals surface area contributed by atoms with Crippen LogP contribution in [0.4, 0.5) is 0 Å². The summed E-state index contributed by atoms with van der Waals surface area (Å²) in [5, 5.41) is 6.41. The van der Waals surface area contributed by atoms with Gasteiger partial charge in [-0.15, -0.1) is 0 Å². The molecule has 106 valence electrons. The maximum absolute atomic E-state index is 12.5. The minimum absolute atomic E-state index is 0.0101. The molecule has 5 nitrogen and oxygen atoms in total. The van der Waals surface area contributed by atoms with Crippen LogP contribution in [0.2, 0.25) is 0 Å². The number of carbonyl (C=O) groups excluding carboxylic acids is 2. The van der Waals surface area contributed by atoms with Crippen molar-refractivity contribution in [2.75, 3.05) is 13.1 Å². The Morgan fingerprint density at radius 1 is 1.21 bits per heavy atom. The second kappa shape index (κ2) is 5.49. The highest BCUT2D eigenvalue weighted by molar-refractivity contribution is 5.87. The van der Waals surface area contributed by atoms with E-state index in [2.05, 4.69) is 10.6 Å². The van der Waals surface area contributed by atoms with E-state index >= 15 is 0 Å². The predicted octanol–water partition coefficient (Wildman–Crippen LogP) is 0.398. The van der Waals surface area contributed by atoms with E-state index in [1.807, 2.05) is 4.90 Å². The van der Waals surface area contributed by atoms with Gasteiger partial charge in [0, 0.05) is 18.5 Å². The van der Waals surface area contributed by atoms with Crippen LogP contribution in [0.25, 0.3) is 0 Å². The molecule has 19 heavy (non-hydrogen) atoms. The van der Waals surface area contributed by atoms with E-state index in [4.69, 9.17) is 0 Å². The zero-order valence-corrected chi connectivity index (χ0v) is 11.4. The van der Waals surface area contributed by atoms with Crippen LogP contribution in [-0.4, -0.2) is 47.9 Å². The Hall–Kier alpha value is -1.10. The zero-order chi connectivity index (χ0) is 13.2. The number of hydrogen-bond donors (Lipinski definition) is 2. The maximum Gasteiger partial charge on any atom is 0.239 e. The van der Waals surface area contributed by atoms with Crippen LogP contribution in [0.15, 0.2) is 0 Å². The van der Waals surface area contributed by atoms with Crippen molar-refractivity contribution in [3.05, 3.63) is 0 Å². The number of piperazine rings is 1. The topological polar surface area (TPSA) is 61.4 Å².